The molecule has 0 amide bonds. The lowest BCUT2D eigenvalue weighted by molar-refractivity contribution is -0.385. The Morgan fingerprint density at radius 2 is 1.63 bits per heavy atom. The van der Waals surface area contributed by atoms with Gasteiger partial charge in [-0.15, -0.1) is 0 Å². The number of nitro benzene ring substituents is 2. The van der Waals surface area contributed by atoms with Gasteiger partial charge in [-0.25, -0.2) is 0 Å². The van der Waals surface area contributed by atoms with Crippen molar-refractivity contribution < 1.29 is 9.85 Å². The van der Waals surface area contributed by atoms with Gasteiger partial charge >= 0.3 is 0 Å². The van der Waals surface area contributed by atoms with Gasteiger partial charge in [0.05, 0.1) is 16.0 Å². The maximum absolute atomic E-state index is 10.9. The Bertz CT molecular complexity index is 883. The van der Waals surface area contributed by atoms with Gasteiger partial charge in [0.2, 0.25) is 0 Å². The molecule has 1 aliphatic rings. The van der Waals surface area contributed by atoms with Crippen LogP contribution in [-0.4, -0.2) is 47.1 Å². The van der Waals surface area contributed by atoms with E-state index in [9.17, 15) is 20.2 Å². The lowest BCUT2D eigenvalue weighted by atomic mass is 10.1. The molecule has 1 aliphatic heterocycles. The van der Waals surface area contributed by atoms with E-state index in [1.807, 2.05) is 12.1 Å². The van der Waals surface area contributed by atoms with Crippen LogP contribution in [0.1, 0.15) is 36.6 Å². The molecule has 2 aromatic rings. The molecule has 1 atom stereocenters. The molecule has 158 valence electrons. The minimum absolute atomic E-state index is 0.0724. The second-order valence-corrected chi connectivity index (χ2v) is 7.19. The molecule has 9 heteroatoms. The highest BCUT2D eigenvalue weighted by atomic mass is 16.6. The van der Waals surface area contributed by atoms with Crippen molar-refractivity contribution in [1.82, 2.24) is 10.2 Å². The maximum atomic E-state index is 10.9. The summed E-state index contributed by atoms with van der Waals surface area (Å²) >= 11 is 0. The van der Waals surface area contributed by atoms with Gasteiger partial charge in [0.15, 0.2) is 0 Å². The largest absolute Gasteiger partial charge is 0.298 e. The number of nitrogens with zero attached hydrogens (tertiary/aromatic N) is 4. The summed E-state index contributed by atoms with van der Waals surface area (Å²) in [5, 5.41) is 25.0. The van der Waals surface area contributed by atoms with Gasteiger partial charge < -0.3 is 0 Å². The maximum Gasteiger partial charge on any atom is 0.269 e. The molecule has 0 bridgehead atoms. The minimum Gasteiger partial charge on any atom is -0.298 e. The van der Waals surface area contributed by atoms with Crippen molar-refractivity contribution in [3.63, 3.8) is 0 Å². The van der Waals surface area contributed by atoms with E-state index in [2.05, 4.69) is 15.2 Å². The Balaban J connectivity index is 1.45. The van der Waals surface area contributed by atoms with Crippen molar-refractivity contribution in [2.45, 2.75) is 25.4 Å². The third-order valence-corrected chi connectivity index (χ3v) is 5.07. The van der Waals surface area contributed by atoms with Gasteiger partial charge in [-0.05, 0) is 61.2 Å². The van der Waals surface area contributed by atoms with Gasteiger partial charge in [-0.1, -0.05) is 0 Å². The number of hydrogen-bond donors (Lipinski definition) is 1. The Morgan fingerprint density at radius 1 is 1.00 bits per heavy atom. The SMILES string of the molecule is O=[N+]([O-])c1ccc(C=NCCCCN2CCCNC2c2ccc([N+](=O)[O-])cc2)cc1. The number of aliphatic imine (C=N–C) groups is 1. The fourth-order valence-corrected chi connectivity index (χ4v) is 3.50. The summed E-state index contributed by atoms with van der Waals surface area (Å²) in [6, 6.07) is 13.1. The minimum atomic E-state index is -0.416. The van der Waals surface area contributed by atoms with Gasteiger partial charge in [-0.3, -0.25) is 35.4 Å². The molecule has 0 saturated carbocycles. The lowest BCUT2D eigenvalue weighted by Gasteiger charge is -2.36. The van der Waals surface area contributed by atoms with Crippen LogP contribution >= 0.6 is 0 Å². The van der Waals surface area contributed by atoms with Gasteiger partial charge in [0.1, 0.15) is 0 Å². The zero-order valence-electron chi connectivity index (χ0n) is 16.6. The summed E-state index contributed by atoms with van der Waals surface area (Å²) in [6.45, 7) is 3.53. The molecule has 1 saturated heterocycles. The van der Waals surface area contributed by atoms with Gasteiger partial charge in [-0.2, -0.15) is 0 Å². The van der Waals surface area contributed by atoms with Crippen molar-refractivity contribution in [1.29, 1.82) is 0 Å². The van der Waals surface area contributed by atoms with Crippen LogP contribution in [0.5, 0.6) is 0 Å². The molecule has 1 fully saturated rings. The number of non-ortho nitro benzene ring substituents is 2. The molecule has 2 aromatic carbocycles. The molecule has 0 aromatic heterocycles. The molecule has 3 rings (SSSR count). The fourth-order valence-electron chi connectivity index (χ4n) is 3.50. The average Bonchev–Trinajstić information content (AvgIpc) is 2.77. The van der Waals surface area contributed by atoms with Crippen LogP contribution in [0.2, 0.25) is 0 Å². The van der Waals surface area contributed by atoms with Crippen LogP contribution in [0.4, 0.5) is 11.4 Å². The second-order valence-electron chi connectivity index (χ2n) is 7.19. The molecule has 0 radical (unpaired) electrons. The van der Waals surface area contributed by atoms with E-state index >= 15 is 0 Å². The number of nitrogens with one attached hydrogen (secondary N) is 1. The molecule has 0 aliphatic carbocycles. The molecule has 30 heavy (non-hydrogen) atoms. The standard InChI is InChI=1S/C21H25N5O4/c27-25(28)19-8-4-17(5-9-19)16-22-12-1-2-14-24-15-3-13-23-21(24)18-6-10-20(11-7-18)26(29)30/h4-11,16,21,23H,1-3,12-15H2. The lowest BCUT2D eigenvalue weighted by Crippen LogP contribution is -2.45. The summed E-state index contributed by atoms with van der Waals surface area (Å²) in [7, 11) is 0. The Hall–Kier alpha value is -3.17. The molecule has 0 spiro atoms. The van der Waals surface area contributed by atoms with E-state index in [0.717, 1.165) is 50.0 Å². The first-order valence-electron chi connectivity index (χ1n) is 10.0. The normalized spacial score (nSPS) is 17.3. The van der Waals surface area contributed by atoms with E-state index in [4.69, 9.17) is 0 Å². The quantitative estimate of drug-likeness (QED) is 0.291. The predicted molar refractivity (Wildman–Crippen MR) is 115 cm³/mol. The molecule has 1 heterocycles. The average molecular weight is 411 g/mol. The Labute approximate surface area is 174 Å². The van der Waals surface area contributed by atoms with E-state index in [-0.39, 0.29) is 22.5 Å². The number of benzene rings is 2. The van der Waals surface area contributed by atoms with Crippen LogP contribution < -0.4 is 5.32 Å². The van der Waals surface area contributed by atoms with Crippen LogP contribution in [0.25, 0.3) is 0 Å². The van der Waals surface area contributed by atoms with E-state index in [0.29, 0.717) is 6.54 Å². The summed E-state index contributed by atoms with van der Waals surface area (Å²) in [4.78, 5) is 27.5. The number of nitro groups is 2. The first-order valence-corrected chi connectivity index (χ1v) is 10.0. The van der Waals surface area contributed by atoms with Crippen LogP contribution in [0, 0.1) is 20.2 Å². The topological polar surface area (TPSA) is 114 Å². The summed E-state index contributed by atoms with van der Waals surface area (Å²) in [6.07, 6.45) is 4.81. The predicted octanol–water partition coefficient (Wildman–Crippen LogP) is 3.70. The zero-order chi connectivity index (χ0) is 21.3. The van der Waals surface area contributed by atoms with E-state index in [1.165, 1.54) is 12.1 Å². The fraction of sp³-hybridized carbons (Fsp3) is 0.381. The number of unbranched alkanes of at least 4 members (excludes halogenated alkanes) is 1. The summed E-state index contributed by atoms with van der Waals surface area (Å²) < 4.78 is 0. The first-order chi connectivity index (χ1) is 14.5. The molecule has 9 nitrogen and oxygen atoms in total. The zero-order valence-corrected chi connectivity index (χ0v) is 16.6. The Kier molecular flexibility index (Phi) is 7.58. The Morgan fingerprint density at radius 3 is 2.27 bits per heavy atom. The van der Waals surface area contributed by atoms with E-state index in [1.54, 1.807) is 30.5 Å². The molecular formula is C21H25N5O4. The smallest absolute Gasteiger partial charge is 0.269 e. The summed E-state index contributed by atoms with van der Waals surface area (Å²) in [5.41, 5.74) is 2.06. The summed E-state index contributed by atoms with van der Waals surface area (Å²) in [5.74, 6) is 0. The van der Waals surface area contributed by atoms with Crippen molar-refractivity contribution in [2.24, 2.45) is 4.99 Å². The van der Waals surface area contributed by atoms with Crippen LogP contribution in [0.15, 0.2) is 53.5 Å². The van der Waals surface area contributed by atoms with Crippen molar-refractivity contribution in [3.8, 4) is 0 Å². The molecule has 1 unspecified atom stereocenters. The van der Waals surface area contributed by atoms with Gasteiger partial charge in [0.25, 0.3) is 11.4 Å². The van der Waals surface area contributed by atoms with Crippen LogP contribution in [0.3, 0.4) is 0 Å². The van der Waals surface area contributed by atoms with Crippen molar-refractivity contribution >= 4 is 17.6 Å². The number of hydrogen-bond acceptors (Lipinski definition) is 7. The monoisotopic (exact) mass is 411 g/mol. The molecular weight excluding hydrogens is 386 g/mol. The van der Waals surface area contributed by atoms with Crippen LogP contribution in [-0.2, 0) is 0 Å². The first kappa shape index (κ1) is 21.5. The number of rotatable bonds is 9. The highest BCUT2D eigenvalue weighted by molar-refractivity contribution is 5.79. The second kappa shape index (κ2) is 10.6. The molecule has 1 N–H and O–H groups in total. The van der Waals surface area contributed by atoms with Gasteiger partial charge in [0, 0.05) is 50.1 Å². The highest BCUT2D eigenvalue weighted by Crippen LogP contribution is 2.24. The van der Waals surface area contributed by atoms with Crippen molar-refractivity contribution in [2.75, 3.05) is 26.2 Å². The highest BCUT2D eigenvalue weighted by Gasteiger charge is 2.23. The van der Waals surface area contributed by atoms with E-state index < -0.39 is 4.92 Å². The third-order valence-electron chi connectivity index (χ3n) is 5.07. The third kappa shape index (κ3) is 5.91. The van der Waals surface area contributed by atoms with Crippen molar-refractivity contribution in [3.05, 3.63) is 79.9 Å².